The van der Waals surface area contributed by atoms with Crippen LogP contribution >= 0.6 is 11.8 Å². The number of hydrogen-bond acceptors (Lipinski definition) is 3. The first-order valence-corrected chi connectivity index (χ1v) is 7.78. The van der Waals surface area contributed by atoms with Gasteiger partial charge in [0.15, 0.2) is 0 Å². The van der Waals surface area contributed by atoms with E-state index in [1.807, 2.05) is 16.7 Å². The van der Waals surface area contributed by atoms with Crippen molar-refractivity contribution >= 4 is 17.7 Å². The summed E-state index contributed by atoms with van der Waals surface area (Å²) in [6.45, 7) is 6.24. The van der Waals surface area contributed by atoms with Gasteiger partial charge in [-0.3, -0.25) is 4.79 Å². The van der Waals surface area contributed by atoms with Gasteiger partial charge in [0.05, 0.1) is 5.54 Å². The molecular weight excluding hydrogens is 232 g/mol. The highest BCUT2D eigenvalue weighted by Gasteiger charge is 2.41. The van der Waals surface area contributed by atoms with Crippen LogP contribution in [0.3, 0.4) is 0 Å². The number of carbonyl (C=O) groups excluding carboxylic acids is 1. The first kappa shape index (κ1) is 13.2. The van der Waals surface area contributed by atoms with Crippen molar-refractivity contribution in [1.82, 2.24) is 4.90 Å². The SMILES string of the molecule is CC(C)C1CN(C(=O)C2(N)CCCC2)CCS1. The molecule has 1 atom stereocenters. The zero-order valence-corrected chi connectivity index (χ0v) is 11.8. The molecule has 0 bridgehead atoms. The van der Waals surface area contributed by atoms with Crippen LogP contribution in [0.15, 0.2) is 0 Å². The molecular formula is C13H24N2OS. The molecule has 1 saturated carbocycles. The van der Waals surface area contributed by atoms with E-state index < -0.39 is 5.54 Å². The number of thioether (sulfide) groups is 1. The lowest BCUT2D eigenvalue weighted by atomic mass is 9.96. The van der Waals surface area contributed by atoms with Crippen molar-refractivity contribution in [3.8, 4) is 0 Å². The lowest BCUT2D eigenvalue weighted by molar-refractivity contribution is -0.136. The molecule has 2 fully saturated rings. The van der Waals surface area contributed by atoms with Crippen molar-refractivity contribution < 1.29 is 4.79 Å². The van der Waals surface area contributed by atoms with Gasteiger partial charge in [-0.15, -0.1) is 0 Å². The smallest absolute Gasteiger partial charge is 0.242 e. The molecule has 17 heavy (non-hydrogen) atoms. The van der Waals surface area contributed by atoms with Crippen LogP contribution in [0, 0.1) is 5.92 Å². The van der Waals surface area contributed by atoms with E-state index in [4.69, 9.17) is 5.73 Å². The van der Waals surface area contributed by atoms with Gasteiger partial charge in [-0.25, -0.2) is 0 Å². The van der Waals surface area contributed by atoms with Crippen LogP contribution in [-0.4, -0.2) is 40.4 Å². The Morgan fingerprint density at radius 2 is 2.06 bits per heavy atom. The maximum absolute atomic E-state index is 12.5. The minimum absolute atomic E-state index is 0.209. The van der Waals surface area contributed by atoms with Gasteiger partial charge in [0, 0.05) is 24.1 Å². The standard InChI is InChI=1S/C13H24N2OS/c1-10(2)11-9-15(7-8-17-11)12(16)13(14)5-3-4-6-13/h10-11H,3-9,14H2,1-2H3. The molecule has 1 unspecified atom stereocenters. The Morgan fingerprint density at radius 1 is 1.41 bits per heavy atom. The van der Waals surface area contributed by atoms with E-state index in [2.05, 4.69) is 13.8 Å². The van der Waals surface area contributed by atoms with E-state index in [9.17, 15) is 4.79 Å². The van der Waals surface area contributed by atoms with Crippen molar-refractivity contribution in [2.75, 3.05) is 18.8 Å². The van der Waals surface area contributed by atoms with Gasteiger partial charge in [-0.1, -0.05) is 26.7 Å². The predicted molar refractivity (Wildman–Crippen MR) is 73.1 cm³/mol. The van der Waals surface area contributed by atoms with E-state index in [1.165, 1.54) is 0 Å². The molecule has 1 aliphatic carbocycles. The number of amides is 1. The summed E-state index contributed by atoms with van der Waals surface area (Å²) in [5.74, 6) is 1.90. The second-order valence-electron chi connectivity index (χ2n) is 5.77. The number of carbonyl (C=O) groups is 1. The summed E-state index contributed by atoms with van der Waals surface area (Å²) in [5, 5.41) is 0.581. The highest BCUT2D eigenvalue weighted by Crippen LogP contribution is 2.32. The number of nitrogens with zero attached hydrogens (tertiary/aromatic N) is 1. The van der Waals surface area contributed by atoms with Crippen LogP contribution in [0.5, 0.6) is 0 Å². The molecule has 1 aliphatic heterocycles. The molecule has 2 aliphatic rings. The number of hydrogen-bond donors (Lipinski definition) is 1. The molecule has 0 spiro atoms. The maximum Gasteiger partial charge on any atom is 0.242 e. The molecule has 0 aromatic carbocycles. The van der Waals surface area contributed by atoms with Crippen molar-refractivity contribution in [3.63, 3.8) is 0 Å². The summed E-state index contributed by atoms with van der Waals surface area (Å²) in [5.41, 5.74) is 5.72. The third-order valence-electron chi connectivity index (χ3n) is 4.05. The Hall–Kier alpha value is -0.220. The van der Waals surface area contributed by atoms with Crippen LogP contribution in [0.1, 0.15) is 39.5 Å². The van der Waals surface area contributed by atoms with E-state index in [0.29, 0.717) is 11.2 Å². The van der Waals surface area contributed by atoms with E-state index >= 15 is 0 Å². The Bertz CT molecular complexity index is 287. The third-order valence-corrected chi connectivity index (χ3v) is 5.59. The van der Waals surface area contributed by atoms with Gasteiger partial charge in [0.2, 0.25) is 5.91 Å². The molecule has 0 aromatic heterocycles. The molecule has 3 nitrogen and oxygen atoms in total. The number of nitrogens with two attached hydrogens (primary N) is 1. The summed E-state index contributed by atoms with van der Waals surface area (Å²) in [6.07, 6.45) is 3.97. The Balaban J connectivity index is 1.99. The van der Waals surface area contributed by atoms with Gasteiger partial charge in [0.1, 0.15) is 0 Å². The second-order valence-corrected chi connectivity index (χ2v) is 7.11. The first-order valence-electron chi connectivity index (χ1n) is 6.73. The van der Waals surface area contributed by atoms with E-state index in [0.717, 1.165) is 44.5 Å². The molecule has 1 saturated heterocycles. The molecule has 1 amide bonds. The van der Waals surface area contributed by atoms with Crippen LogP contribution in [0.4, 0.5) is 0 Å². The minimum Gasteiger partial charge on any atom is -0.339 e. The quantitative estimate of drug-likeness (QED) is 0.820. The van der Waals surface area contributed by atoms with Crippen LogP contribution in [0.25, 0.3) is 0 Å². The molecule has 4 heteroatoms. The Kier molecular flexibility index (Phi) is 4.03. The van der Waals surface area contributed by atoms with Crippen LogP contribution in [0.2, 0.25) is 0 Å². The maximum atomic E-state index is 12.5. The Morgan fingerprint density at radius 3 is 2.65 bits per heavy atom. The largest absolute Gasteiger partial charge is 0.339 e. The first-order chi connectivity index (χ1) is 8.03. The number of rotatable bonds is 2. The monoisotopic (exact) mass is 256 g/mol. The average molecular weight is 256 g/mol. The highest BCUT2D eigenvalue weighted by molar-refractivity contribution is 8.00. The predicted octanol–water partition coefficient (Wildman–Crippen LogP) is 1.86. The van der Waals surface area contributed by atoms with Crippen LogP contribution < -0.4 is 5.73 Å². The topological polar surface area (TPSA) is 46.3 Å². The van der Waals surface area contributed by atoms with E-state index in [1.54, 1.807) is 0 Å². The minimum atomic E-state index is -0.538. The fourth-order valence-corrected chi connectivity index (χ4v) is 4.10. The second kappa shape index (κ2) is 5.19. The van der Waals surface area contributed by atoms with Crippen LogP contribution in [-0.2, 0) is 4.79 Å². The lowest BCUT2D eigenvalue weighted by Gasteiger charge is -2.38. The van der Waals surface area contributed by atoms with Gasteiger partial charge >= 0.3 is 0 Å². The van der Waals surface area contributed by atoms with Gasteiger partial charge in [-0.2, -0.15) is 11.8 Å². The fraction of sp³-hybridized carbons (Fsp3) is 0.923. The van der Waals surface area contributed by atoms with Crippen molar-refractivity contribution in [2.24, 2.45) is 11.7 Å². The third kappa shape index (κ3) is 2.79. The summed E-state index contributed by atoms with van der Waals surface area (Å²) in [4.78, 5) is 14.5. The molecule has 2 rings (SSSR count). The molecule has 0 radical (unpaired) electrons. The van der Waals surface area contributed by atoms with Crippen molar-refractivity contribution in [1.29, 1.82) is 0 Å². The average Bonchev–Trinajstić information content (AvgIpc) is 2.76. The lowest BCUT2D eigenvalue weighted by Crippen LogP contribution is -2.56. The van der Waals surface area contributed by atoms with Gasteiger partial charge in [-0.05, 0) is 18.8 Å². The molecule has 1 heterocycles. The molecule has 0 aromatic rings. The zero-order chi connectivity index (χ0) is 12.5. The summed E-state index contributed by atoms with van der Waals surface area (Å²) in [7, 11) is 0. The highest BCUT2D eigenvalue weighted by atomic mass is 32.2. The molecule has 98 valence electrons. The van der Waals surface area contributed by atoms with Gasteiger partial charge in [0.25, 0.3) is 0 Å². The van der Waals surface area contributed by atoms with Crippen molar-refractivity contribution in [2.45, 2.75) is 50.3 Å². The summed E-state index contributed by atoms with van der Waals surface area (Å²) < 4.78 is 0. The van der Waals surface area contributed by atoms with Crippen molar-refractivity contribution in [3.05, 3.63) is 0 Å². The summed E-state index contributed by atoms with van der Waals surface area (Å²) >= 11 is 2.00. The molecule has 2 N–H and O–H groups in total. The van der Waals surface area contributed by atoms with Gasteiger partial charge < -0.3 is 10.6 Å². The Labute approximate surface area is 108 Å². The normalized spacial score (nSPS) is 28.7. The van der Waals surface area contributed by atoms with E-state index in [-0.39, 0.29) is 5.91 Å². The fourth-order valence-electron chi connectivity index (χ4n) is 2.80. The summed E-state index contributed by atoms with van der Waals surface area (Å²) in [6, 6.07) is 0. The zero-order valence-electron chi connectivity index (χ0n) is 10.9.